The number of aryl methyl sites for hydroxylation is 1. The first kappa shape index (κ1) is 30.0. The van der Waals surface area contributed by atoms with Gasteiger partial charge in [-0.25, -0.2) is 4.79 Å². The maximum absolute atomic E-state index is 12.7. The second kappa shape index (κ2) is 13.1. The number of halogens is 3. The minimum absolute atomic E-state index is 0.0470. The third-order valence-corrected chi connectivity index (χ3v) is 7.14. The molecule has 2 saturated heterocycles. The first-order chi connectivity index (χ1) is 19.5. The fourth-order valence-electron chi connectivity index (χ4n) is 5.01. The molecule has 13 heteroatoms. The lowest BCUT2D eigenvalue weighted by molar-refractivity contribution is -0.274. The van der Waals surface area contributed by atoms with Crippen molar-refractivity contribution in [3.63, 3.8) is 0 Å². The summed E-state index contributed by atoms with van der Waals surface area (Å²) in [6, 6.07) is 8.79. The molecular formula is C28H35F3N6O4. The number of hydrogen-bond acceptors (Lipinski definition) is 6. The van der Waals surface area contributed by atoms with Gasteiger partial charge in [-0.2, -0.15) is 0 Å². The number of nitrogens with one attached hydrogen (secondary N) is 3. The zero-order valence-electron chi connectivity index (χ0n) is 22.9. The largest absolute Gasteiger partial charge is 0.573 e. The number of nitrogens with zero attached hydrogens (tertiary/aromatic N) is 2. The number of amides is 4. The van der Waals surface area contributed by atoms with Gasteiger partial charge in [-0.15, -0.1) is 13.2 Å². The third kappa shape index (κ3) is 8.74. The molecule has 2 aromatic carbocycles. The summed E-state index contributed by atoms with van der Waals surface area (Å²) in [5.41, 5.74) is 8.25. The number of ether oxygens (including phenoxy) is 1. The van der Waals surface area contributed by atoms with Crippen molar-refractivity contribution in [1.82, 2.24) is 20.4 Å². The third-order valence-electron chi connectivity index (χ3n) is 7.14. The van der Waals surface area contributed by atoms with Gasteiger partial charge in [-0.3, -0.25) is 14.5 Å². The molecule has 1 atom stereocenters. The monoisotopic (exact) mass is 576 g/mol. The van der Waals surface area contributed by atoms with Crippen molar-refractivity contribution in [2.24, 2.45) is 0 Å². The molecule has 0 saturated carbocycles. The van der Waals surface area contributed by atoms with Gasteiger partial charge in [0.25, 0.3) is 5.91 Å². The summed E-state index contributed by atoms with van der Waals surface area (Å²) in [4.78, 5) is 41.6. The van der Waals surface area contributed by atoms with Crippen LogP contribution in [-0.2, 0) is 11.3 Å². The summed E-state index contributed by atoms with van der Waals surface area (Å²) in [5, 5.41) is 8.31. The van der Waals surface area contributed by atoms with Crippen molar-refractivity contribution in [2.45, 2.75) is 51.6 Å². The van der Waals surface area contributed by atoms with Crippen LogP contribution in [0.15, 0.2) is 36.4 Å². The molecule has 41 heavy (non-hydrogen) atoms. The van der Waals surface area contributed by atoms with Crippen molar-refractivity contribution in [1.29, 1.82) is 0 Å². The van der Waals surface area contributed by atoms with E-state index in [1.165, 1.54) is 0 Å². The van der Waals surface area contributed by atoms with E-state index < -0.39 is 23.9 Å². The quantitative estimate of drug-likeness (QED) is 0.356. The molecule has 222 valence electrons. The van der Waals surface area contributed by atoms with Crippen molar-refractivity contribution in [3.8, 4) is 5.75 Å². The van der Waals surface area contributed by atoms with Gasteiger partial charge in [0.2, 0.25) is 5.91 Å². The molecule has 2 heterocycles. The molecule has 0 radical (unpaired) electrons. The van der Waals surface area contributed by atoms with Crippen LogP contribution in [-0.4, -0.2) is 72.8 Å². The van der Waals surface area contributed by atoms with Crippen LogP contribution in [0.4, 0.5) is 29.3 Å². The number of piperidine rings is 1. The Morgan fingerprint density at radius 1 is 1.05 bits per heavy atom. The zero-order valence-corrected chi connectivity index (χ0v) is 22.9. The normalized spacial score (nSPS) is 17.7. The van der Waals surface area contributed by atoms with Crippen LogP contribution in [0.5, 0.6) is 5.75 Å². The van der Waals surface area contributed by atoms with E-state index in [1.807, 2.05) is 30.0 Å². The Hall–Kier alpha value is -4.00. The van der Waals surface area contributed by atoms with Crippen LogP contribution in [0.25, 0.3) is 0 Å². The summed E-state index contributed by atoms with van der Waals surface area (Å²) in [7, 11) is 0. The molecule has 2 aromatic rings. The van der Waals surface area contributed by atoms with Gasteiger partial charge < -0.3 is 31.3 Å². The Morgan fingerprint density at radius 3 is 2.54 bits per heavy atom. The Bertz CT molecular complexity index is 1270. The fourth-order valence-corrected chi connectivity index (χ4v) is 5.01. The maximum atomic E-state index is 12.7. The van der Waals surface area contributed by atoms with Gasteiger partial charge in [-0.1, -0.05) is 12.1 Å². The minimum atomic E-state index is -4.91. The Morgan fingerprint density at radius 2 is 1.80 bits per heavy atom. The fraction of sp³-hybridized carbons (Fsp3) is 0.464. The lowest BCUT2D eigenvalue weighted by Crippen LogP contribution is -2.43. The number of nitrogens with two attached hydrogens (primary N) is 1. The van der Waals surface area contributed by atoms with E-state index in [0.29, 0.717) is 19.5 Å². The van der Waals surface area contributed by atoms with Gasteiger partial charge in [0.05, 0.1) is 12.1 Å². The van der Waals surface area contributed by atoms with Crippen molar-refractivity contribution < 1.29 is 32.3 Å². The molecule has 10 nitrogen and oxygen atoms in total. The molecule has 4 amide bonds. The highest BCUT2D eigenvalue weighted by molar-refractivity contribution is 6.01. The number of anilines is 2. The number of carbonyl (C=O) groups is 3. The van der Waals surface area contributed by atoms with Gasteiger partial charge in [-0.05, 0) is 68.0 Å². The van der Waals surface area contributed by atoms with Crippen LogP contribution in [0.1, 0.15) is 47.2 Å². The van der Waals surface area contributed by atoms with E-state index >= 15 is 0 Å². The van der Waals surface area contributed by atoms with Crippen LogP contribution in [0.2, 0.25) is 0 Å². The highest BCUT2D eigenvalue weighted by Crippen LogP contribution is 2.26. The van der Waals surface area contributed by atoms with Gasteiger partial charge in [0.15, 0.2) is 0 Å². The topological polar surface area (TPSA) is 129 Å². The van der Waals surface area contributed by atoms with Crippen LogP contribution >= 0.6 is 0 Å². The van der Waals surface area contributed by atoms with E-state index in [0.717, 1.165) is 73.9 Å². The number of rotatable bonds is 8. The molecule has 0 aliphatic carbocycles. The van der Waals surface area contributed by atoms with E-state index in [-0.39, 0.29) is 29.9 Å². The SMILES string of the molecule is Cc1ccc(CN2CC[C@H](NC(=O)CNC(=O)c3cc(OC(F)(F)F)ccc3N)C2)cc1NC(=O)N1CCCCC1. The highest BCUT2D eigenvalue weighted by Gasteiger charge is 2.31. The van der Waals surface area contributed by atoms with E-state index in [2.05, 4.69) is 25.6 Å². The lowest BCUT2D eigenvalue weighted by Gasteiger charge is -2.27. The Kier molecular flexibility index (Phi) is 9.58. The molecule has 2 fully saturated rings. The van der Waals surface area contributed by atoms with Gasteiger partial charge in [0.1, 0.15) is 5.75 Å². The van der Waals surface area contributed by atoms with Crippen molar-refractivity contribution in [2.75, 3.05) is 43.8 Å². The van der Waals surface area contributed by atoms with Crippen LogP contribution in [0.3, 0.4) is 0 Å². The first-order valence-electron chi connectivity index (χ1n) is 13.6. The average Bonchev–Trinajstić information content (AvgIpc) is 3.36. The molecule has 5 N–H and O–H groups in total. The highest BCUT2D eigenvalue weighted by atomic mass is 19.4. The zero-order chi connectivity index (χ0) is 29.6. The second-order valence-electron chi connectivity index (χ2n) is 10.4. The molecule has 0 spiro atoms. The molecule has 0 bridgehead atoms. The number of urea groups is 1. The summed E-state index contributed by atoms with van der Waals surface area (Å²) in [5.74, 6) is -1.80. The summed E-state index contributed by atoms with van der Waals surface area (Å²) in [6.45, 7) is 5.14. The van der Waals surface area contributed by atoms with Crippen LogP contribution < -0.4 is 26.4 Å². The smallest absolute Gasteiger partial charge is 0.406 e. The molecule has 4 rings (SSSR count). The molecule has 2 aliphatic heterocycles. The summed E-state index contributed by atoms with van der Waals surface area (Å²) >= 11 is 0. The van der Waals surface area contributed by atoms with E-state index in [1.54, 1.807) is 0 Å². The Labute approximate surface area is 236 Å². The second-order valence-corrected chi connectivity index (χ2v) is 10.4. The lowest BCUT2D eigenvalue weighted by atomic mass is 10.1. The number of nitrogen functional groups attached to an aromatic ring is 1. The summed E-state index contributed by atoms with van der Waals surface area (Å²) in [6.07, 6.45) is -1.00. The van der Waals surface area contributed by atoms with Crippen molar-refractivity contribution >= 4 is 29.2 Å². The predicted octanol–water partition coefficient (Wildman–Crippen LogP) is 3.61. The number of hydrogen-bond donors (Lipinski definition) is 4. The van der Waals surface area contributed by atoms with E-state index in [9.17, 15) is 27.6 Å². The minimum Gasteiger partial charge on any atom is -0.406 e. The molecule has 2 aliphatic rings. The Balaban J connectivity index is 1.24. The number of carbonyl (C=O) groups excluding carboxylic acids is 3. The molecular weight excluding hydrogens is 541 g/mol. The average molecular weight is 577 g/mol. The van der Waals surface area contributed by atoms with Crippen molar-refractivity contribution in [3.05, 3.63) is 53.1 Å². The van der Waals surface area contributed by atoms with Gasteiger partial charge >= 0.3 is 12.4 Å². The number of alkyl halides is 3. The molecule has 0 unspecified atom stereocenters. The predicted molar refractivity (Wildman–Crippen MR) is 147 cm³/mol. The van der Waals surface area contributed by atoms with E-state index in [4.69, 9.17) is 5.73 Å². The standard InChI is InChI=1S/C28H35F3N6O4/c1-18-5-6-19(13-24(18)35-27(40)37-10-3-2-4-11-37)16-36-12-9-20(17-36)34-25(38)15-33-26(39)22-14-21(7-8-23(22)32)41-28(29,30)31/h5-8,13-14,20H,2-4,9-12,15-17,32H2,1H3,(H,33,39)(H,34,38)(H,35,40)/t20-/m0/s1. The number of benzene rings is 2. The van der Waals surface area contributed by atoms with Gasteiger partial charge in [0, 0.05) is 50.1 Å². The summed E-state index contributed by atoms with van der Waals surface area (Å²) < 4.78 is 41.3. The number of likely N-dealkylation sites (tertiary alicyclic amines) is 2. The first-order valence-corrected chi connectivity index (χ1v) is 13.6. The molecule has 0 aromatic heterocycles. The maximum Gasteiger partial charge on any atom is 0.573 e. The van der Waals surface area contributed by atoms with Crippen LogP contribution in [0, 0.1) is 6.92 Å².